The predicted molar refractivity (Wildman–Crippen MR) is 70.1 cm³/mol. The molecule has 0 spiro atoms. The van der Waals surface area contributed by atoms with Gasteiger partial charge in [0.2, 0.25) is 5.91 Å². The molecular formula is C10H22N3O5P. The van der Waals surface area contributed by atoms with E-state index in [1.807, 2.05) is 19.2 Å². The average molecular weight is 295 g/mol. The minimum atomic E-state index is -4.83. The summed E-state index contributed by atoms with van der Waals surface area (Å²) in [4.78, 5) is 41.5. The van der Waals surface area contributed by atoms with E-state index in [1.54, 1.807) is 0 Å². The van der Waals surface area contributed by atoms with E-state index in [0.29, 0.717) is 6.42 Å². The highest BCUT2D eigenvalue weighted by Gasteiger charge is 2.39. The maximum atomic E-state index is 11.7. The van der Waals surface area contributed by atoms with Crippen LogP contribution in [0.1, 0.15) is 27.2 Å². The summed E-state index contributed by atoms with van der Waals surface area (Å²) in [6.45, 7) is 4.98. The molecular weight excluding hydrogens is 273 g/mol. The molecule has 0 aromatic carbocycles. The number of rotatable bonds is 7. The lowest BCUT2D eigenvalue weighted by molar-refractivity contribution is -0.127. The normalized spacial score (nSPS) is 16.8. The van der Waals surface area contributed by atoms with Crippen molar-refractivity contribution in [3.63, 3.8) is 0 Å². The maximum absolute atomic E-state index is 11.7. The molecule has 0 aliphatic rings. The Hall–Kier alpha value is -0.790. The Morgan fingerprint density at radius 3 is 2.00 bits per heavy atom. The Bertz CT molecular complexity index is 379. The molecule has 0 aromatic heterocycles. The number of Topliss-reactive ketones (excluding diaryl/α,β-unsaturated/α-hetero) is 1. The molecule has 0 aliphatic heterocycles. The molecule has 19 heavy (non-hydrogen) atoms. The van der Waals surface area contributed by atoms with Gasteiger partial charge in [-0.2, -0.15) is 0 Å². The van der Waals surface area contributed by atoms with Gasteiger partial charge in [0.05, 0.1) is 12.1 Å². The number of nitrogens with two attached hydrogens (primary N) is 2. The third-order valence-corrected chi connectivity index (χ3v) is 3.45. The standard InChI is InChI=1S/C10H22N3O5P/c1-5(2)4-7(12)9(15)13-10(19(16,17)18)8(14)6(3)11/h5-7,10H,4,11-12H2,1-3H3,(H,13,15)(H2,16,17,18)/t6-,7-,10?/m0/s1. The summed E-state index contributed by atoms with van der Waals surface area (Å²) in [5.41, 5.74) is 10.9. The Morgan fingerprint density at radius 1 is 1.21 bits per heavy atom. The molecule has 7 N–H and O–H groups in total. The van der Waals surface area contributed by atoms with Crippen molar-refractivity contribution in [2.75, 3.05) is 0 Å². The van der Waals surface area contributed by atoms with Crippen LogP contribution in [0.25, 0.3) is 0 Å². The number of carbonyl (C=O) groups is 2. The van der Waals surface area contributed by atoms with Crippen LogP contribution in [0.3, 0.4) is 0 Å². The van der Waals surface area contributed by atoms with Crippen LogP contribution >= 0.6 is 7.60 Å². The molecule has 0 saturated carbocycles. The van der Waals surface area contributed by atoms with E-state index >= 15 is 0 Å². The van der Waals surface area contributed by atoms with Gasteiger partial charge in [-0.3, -0.25) is 14.2 Å². The fourth-order valence-corrected chi connectivity index (χ4v) is 2.29. The van der Waals surface area contributed by atoms with Gasteiger partial charge >= 0.3 is 7.60 Å². The lowest BCUT2D eigenvalue weighted by Crippen LogP contribution is -2.51. The molecule has 0 aromatic rings. The van der Waals surface area contributed by atoms with E-state index in [9.17, 15) is 14.2 Å². The summed E-state index contributed by atoms with van der Waals surface area (Å²) in [7, 11) is -4.83. The van der Waals surface area contributed by atoms with Crippen molar-refractivity contribution in [3.8, 4) is 0 Å². The van der Waals surface area contributed by atoms with Gasteiger partial charge in [0.25, 0.3) is 0 Å². The Balaban J connectivity index is 4.90. The van der Waals surface area contributed by atoms with Gasteiger partial charge in [-0.25, -0.2) is 0 Å². The number of carbonyl (C=O) groups excluding carboxylic acids is 2. The topological polar surface area (TPSA) is 156 Å². The smallest absolute Gasteiger partial charge is 0.335 e. The quantitative estimate of drug-likeness (QED) is 0.373. The second kappa shape index (κ2) is 7.12. The number of hydrogen-bond donors (Lipinski definition) is 5. The van der Waals surface area contributed by atoms with Gasteiger partial charge in [-0.05, 0) is 19.3 Å². The first-order valence-electron chi connectivity index (χ1n) is 5.87. The number of nitrogens with one attached hydrogen (secondary N) is 1. The Kier molecular flexibility index (Phi) is 6.82. The molecule has 9 heteroatoms. The van der Waals surface area contributed by atoms with Crippen molar-refractivity contribution in [1.29, 1.82) is 0 Å². The van der Waals surface area contributed by atoms with Crippen molar-refractivity contribution in [1.82, 2.24) is 5.32 Å². The zero-order chi connectivity index (χ0) is 15.4. The Labute approximate surface area is 112 Å². The SMILES string of the molecule is CC(C)C[C@H](N)C(=O)NC(C(=O)[C@H](C)N)P(=O)(O)O. The predicted octanol–water partition coefficient (Wildman–Crippen LogP) is -1.10. The van der Waals surface area contributed by atoms with Crippen molar-refractivity contribution in [3.05, 3.63) is 0 Å². The molecule has 1 unspecified atom stereocenters. The van der Waals surface area contributed by atoms with E-state index in [2.05, 4.69) is 0 Å². The van der Waals surface area contributed by atoms with Crippen LogP contribution < -0.4 is 16.8 Å². The van der Waals surface area contributed by atoms with Crippen molar-refractivity contribution >= 4 is 19.3 Å². The molecule has 112 valence electrons. The van der Waals surface area contributed by atoms with E-state index in [1.165, 1.54) is 6.92 Å². The molecule has 0 fully saturated rings. The average Bonchev–Trinajstić information content (AvgIpc) is 2.21. The van der Waals surface area contributed by atoms with Crippen LogP contribution in [0.15, 0.2) is 0 Å². The monoisotopic (exact) mass is 295 g/mol. The molecule has 0 rings (SSSR count). The fourth-order valence-electron chi connectivity index (χ4n) is 1.43. The first-order chi connectivity index (χ1) is 8.46. The summed E-state index contributed by atoms with van der Waals surface area (Å²) in [5.74, 6) is -3.52. The second-order valence-electron chi connectivity index (χ2n) is 4.93. The fraction of sp³-hybridized carbons (Fsp3) is 0.800. The maximum Gasteiger partial charge on any atom is 0.355 e. The number of ketones is 1. The van der Waals surface area contributed by atoms with E-state index in [4.69, 9.17) is 21.3 Å². The van der Waals surface area contributed by atoms with Crippen molar-refractivity contribution < 1.29 is 23.9 Å². The van der Waals surface area contributed by atoms with E-state index in [0.717, 1.165) is 0 Å². The molecule has 8 nitrogen and oxygen atoms in total. The van der Waals surface area contributed by atoms with Crippen LogP contribution in [0, 0.1) is 5.92 Å². The van der Waals surface area contributed by atoms with E-state index < -0.39 is 37.2 Å². The van der Waals surface area contributed by atoms with E-state index in [-0.39, 0.29) is 5.92 Å². The summed E-state index contributed by atoms with van der Waals surface area (Å²) in [5, 5.41) is 1.99. The molecule has 0 heterocycles. The number of amides is 1. The van der Waals surface area contributed by atoms with Gasteiger partial charge in [0, 0.05) is 0 Å². The van der Waals surface area contributed by atoms with Crippen LogP contribution in [-0.2, 0) is 14.2 Å². The largest absolute Gasteiger partial charge is 0.355 e. The van der Waals surface area contributed by atoms with Crippen LogP contribution in [0.5, 0.6) is 0 Å². The third-order valence-electron chi connectivity index (χ3n) is 2.40. The lowest BCUT2D eigenvalue weighted by Gasteiger charge is -2.22. The van der Waals surface area contributed by atoms with Gasteiger partial charge in [-0.15, -0.1) is 0 Å². The molecule has 3 atom stereocenters. The molecule has 0 aliphatic carbocycles. The van der Waals surface area contributed by atoms with Crippen LogP contribution in [0.4, 0.5) is 0 Å². The van der Waals surface area contributed by atoms with Gasteiger partial charge in [-0.1, -0.05) is 13.8 Å². The molecule has 0 saturated heterocycles. The lowest BCUT2D eigenvalue weighted by atomic mass is 10.0. The summed E-state index contributed by atoms with van der Waals surface area (Å²) in [6.07, 6.45) is 0.339. The minimum absolute atomic E-state index is 0.137. The summed E-state index contributed by atoms with van der Waals surface area (Å²) < 4.78 is 11.2. The highest BCUT2D eigenvalue weighted by molar-refractivity contribution is 7.53. The molecule has 1 amide bonds. The zero-order valence-electron chi connectivity index (χ0n) is 11.2. The van der Waals surface area contributed by atoms with Crippen LogP contribution in [0.2, 0.25) is 0 Å². The second-order valence-corrected chi connectivity index (χ2v) is 6.62. The summed E-state index contributed by atoms with van der Waals surface area (Å²) in [6, 6.07) is -2.03. The van der Waals surface area contributed by atoms with Gasteiger partial charge < -0.3 is 26.6 Å². The Morgan fingerprint density at radius 2 is 1.68 bits per heavy atom. The number of hydrogen-bond acceptors (Lipinski definition) is 5. The van der Waals surface area contributed by atoms with Crippen molar-refractivity contribution in [2.45, 2.75) is 45.1 Å². The molecule has 0 radical (unpaired) electrons. The molecule has 0 bridgehead atoms. The van der Waals surface area contributed by atoms with Gasteiger partial charge in [0.15, 0.2) is 11.6 Å². The van der Waals surface area contributed by atoms with Crippen LogP contribution in [-0.4, -0.2) is 39.3 Å². The highest BCUT2D eigenvalue weighted by atomic mass is 31.2. The van der Waals surface area contributed by atoms with Gasteiger partial charge in [0.1, 0.15) is 0 Å². The minimum Gasteiger partial charge on any atom is -0.335 e. The first kappa shape index (κ1) is 18.2. The first-order valence-corrected chi connectivity index (χ1v) is 7.55. The zero-order valence-corrected chi connectivity index (χ0v) is 12.1. The summed E-state index contributed by atoms with van der Waals surface area (Å²) >= 11 is 0. The highest BCUT2D eigenvalue weighted by Crippen LogP contribution is 2.40. The third kappa shape index (κ3) is 6.26. The van der Waals surface area contributed by atoms with Crippen molar-refractivity contribution in [2.24, 2.45) is 17.4 Å².